The summed E-state index contributed by atoms with van der Waals surface area (Å²) >= 11 is 4.39. The second kappa shape index (κ2) is 5.33. The van der Waals surface area contributed by atoms with Gasteiger partial charge >= 0.3 is 0 Å². The molecule has 1 spiro atoms. The molecule has 2 aliphatic carbocycles. The number of fused-ring (bicyclic) bond motifs is 3. The summed E-state index contributed by atoms with van der Waals surface area (Å²) in [6.07, 6.45) is 3.94. The lowest BCUT2D eigenvalue weighted by Gasteiger charge is -2.54. The fourth-order valence-corrected chi connectivity index (χ4v) is 5.25. The molecule has 1 saturated carbocycles. The molecule has 6 heteroatoms. The van der Waals surface area contributed by atoms with Crippen LogP contribution in [0.15, 0.2) is 5.16 Å². The summed E-state index contributed by atoms with van der Waals surface area (Å²) in [6, 6.07) is 0. The molecule has 5 nitrogen and oxygen atoms in total. The number of nitrogens with zero attached hydrogens (tertiary/aromatic N) is 2. The first-order valence-corrected chi connectivity index (χ1v) is 8.87. The summed E-state index contributed by atoms with van der Waals surface area (Å²) in [5.41, 5.74) is 2.27. The summed E-state index contributed by atoms with van der Waals surface area (Å²) in [6.45, 7) is 6.02. The van der Waals surface area contributed by atoms with E-state index in [1.807, 2.05) is 0 Å². The highest BCUT2D eigenvalue weighted by Gasteiger charge is 2.57. The molecule has 1 aliphatic heterocycles. The average molecular weight is 336 g/mol. The van der Waals surface area contributed by atoms with E-state index in [0.29, 0.717) is 36.1 Å². The fraction of sp³-hybridized carbons (Fsp3) is 0.765. The van der Waals surface area contributed by atoms with E-state index in [0.717, 1.165) is 36.9 Å². The van der Waals surface area contributed by atoms with E-state index in [4.69, 9.17) is 19.2 Å². The fourth-order valence-electron chi connectivity index (χ4n) is 5.06. The Bertz CT molecular complexity index is 633. The van der Waals surface area contributed by atoms with Crippen LogP contribution < -0.4 is 4.74 Å². The Labute approximate surface area is 142 Å². The predicted octanol–water partition coefficient (Wildman–Crippen LogP) is 2.77. The maximum Gasteiger partial charge on any atom is 0.220 e. The van der Waals surface area contributed by atoms with Gasteiger partial charge < -0.3 is 14.2 Å². The first-order chi connectivity index (χ1) is 11.0. The Kier molecular flexibility index (Phi) is 3.63. The zero-order valence-corrected chi connectivity index (χ0v) is 14.9. The molecule has 2 heterocycles. The topological polar surface area (TPSA) is 53.5 Å². The Morgan fingerprint density at radius 1 is 1.22 bits per heavy atom. The van der Waals surface area contributed by atoms with Crippen LogP contribution in [0.1, 0.15) is 44.4 Å². The monoisotopic (exact) mass is 336 g/mol. The van der Waals surface area contributed by atoms with Gasteiger partial charge in [-0.2, -0.15) is 4.98 Å². The molecule has 3 atom stereocenters. The van der Waals surface area contributed by atoms with Crippen LogP contribution in [-0.2, 0) is 21.3 Å². The van der Waals surface area contributed by atoms with E-state index in [9.17, 15) is 0 Å². The largest absolute Gasteiger partial charge is 0.481 e. The van der Waals surface area contributed by atoms with E-state index in [-0.39, 0.29) is 11.2 Å². The van der Waals surface area contributed by atoms with Crippen molar-refractivity contribution in [2.24, 2.45) is 11.8 Å². The van der Waals surface area contributed by atoms with Crippen molar-refractivity contribution in [2.75, 3.05) is 20.3 Å². The van der Waals surface area contributed by atoms with Crippen molar-refractivity contribution >= 4 is 12.6 Å². The Balaban J connectivity index is 1.78. The van der Waals surface area contributed by atoms with Crippen LogP contribution in [0.5, 0.6) is 5.88 Å². The lowest BCUT2D eigenvalue weighted by atomic mass is 9.55. The lowest BCUT2D eigenvalue weighted by Crippen LogP contribution is -2.55. The number of ether oxygens (including phenoxy) is 3. The molecule has 4 rings (SSSR count). The minimum absolute atomic E-state index is 0.00125. The number of aromatic nitrogens is 2. The molecular formula is C17H24N2O3S. The highest BCUT2D eigenvalue weighted by Crippen LogP contribution is 2.57. The van der Waals surface area contributed by atoms with Gasteiger partial charge in [-0.15, -0.1) is 12.6 Å². The molecule has 2 fully saturated rings. The van der Waals surface area contributed by atoms with Crippen molar-refractivity contribution in [3.8, 4) is 5.88 Å². The predicted molar refractivity (Wildman–Crippen MR) is 88.0 cm³/mol. The van der Waals surface area contributed by atoms with Gasteiger partial charge in [-0.05, 0) is 25.2 Å². The van der Waals surface area contributed by atoms with Crippen molar-refractivity contribution in [1.29, 1.82) is 0 Å². The molecular weight excluding hydrogens is 312 g/mol. The van der Waals surface area contributed by atoms with Gasteiger partial charge in [0.05, 0.1) is 26.0 Å². The molecule has 3 aliphatic rings. The van der Waals surface area contributed by atoms with Crippen LogP contribution in [0.3, 0.4) is 0 Å². The van der Waals surface area contributed by atoms with E-state index < -0.39 is 0 Å². The molecule has 0 unspecified atom stereocenters. The minimum Gasteiger partial charge on any atom is -0.481 e. The van der Waals surface area contributed by atoms with Crippen LogP contribution in [0.25, 0.3) is 0 Å². The summed E-state index contributed by atoms with van der Waals surface area (Å²) in [5.74, 6) is 1.12. The third-order valence-corrected chi connectivity index (χ3v) is 6.48. The molecule has 23 heavy (non-hydrogen) atoms. The van der Waals surface area contributed by atoms with Crippen molar-refractivity contribution < 1.29 is 14.2 Å². The van der Waals surface area contributed by atoms with Gasteiger partial charge in [0.2, 0.25) is 5.88 Å². The van der Waals surface area contributed by atoms with Gasteiger partial charge in [-0.1, -0.05) is 13.8 Å². The number of methoxy groups -OCH3 is 1. The maximum absolute atomic E-state index is 6.05. The standard InChI is InChI=1S/C17H24N2O3S/c1-10-12-5-4-11-13(18-15(23)19-14(11)20-3)16(12,2)6-7-17(10)21-8-9-22-17/h10,12H,4-9H2,1-3H3,(H,18,19,23)/t10-,12-,16-/m0/s1. The Morgan fingerprint density at radius 2 is 1.96 bits per heavy atom. The first-order valence-electron chi connectivity index (χ1n) is 8.42. The van der Waals surface area contributed by atoms with Crippen LogP contribution >= 0.6 is 12.6 Å². The third kappa shape index (κ3) is 2.14. The SMILES string of the molecule is COc1nc(S)nc2c1CC[C@H]1[C@H](C)C3(CC[C@]21C)OCCO3. The van der Waals surface area contributed by atoms with Gasteiger partial charge in [0, 0.05) is 23.3 Å². The van der Waals surface area contributed by atoms with E-state index in [1.165, 1.54) is 0 Å². The average Bonchev–Trinajstić information content (AvgIpc) is 3.01. The Morgan fingerprint density at radius 3 is 2.65 bits per heavy atom. The lowest BCUT2D eigenvalue weighted by molar-refractivity contribution is -0.234. The molecule has 1 aromatic rings. The second-order valence-electron chi connectivity index (χ2n) is 7.22. The van der Waals surface area contributed by atoms with Gasteiger partial charge in [0.25, 0.3) is 0 Å². The highest BCUT2D eigenvalue weighted by atomic mass is 32.1. The number of rotatable bonds is 1. The van der Waals surface area contributed by atoms with Crippen molar-refractivity contribution in [2.45, 2.75) is 55.9 Å². The first kappa shape index (κ1) is 15.7. The number of hydrogen-bond acceptors (Lipinski definition) is 6. The molecule has 0 N–H and O–H groups in total. The number of thiol groups is 1. The molecule has 0 amide bonds. The number of hydrogen-bond donors (Lipinski definition) is 1. The van der Waals surface area contributed by atoms with Crippen LogP contribution in [-0.4, -0.2) is 36.1 Å². The van der Waals surface area contributed by atoms with Gasteiger partial charge in [0.1, 0.15) is 0 Å². The summed E-state index contributed by atoms with van der Waals surface area (Å²) < 4.78 is 17.6. The molecule has 1 aromatic heterocycles. The van der Waals surface area contributed by atoms with Crippen LogP contribution in [0.4, 0.5) is 0 Å². The smallest absolute Gasteiger partial charge is 0.220 e. The highest BCUT2D eigenvalue weighted by molar-refractivity contribution is 7.80. The summed E-state index contributed by atoms with van der Waals surface area (Å²) in [5, 5.41) is 0.490. The van der Waals surface area contributed by atoms with Crippen LogP contribution in [0, 0.1) is 11.8 Å². The molecule has 0 radical (unpaired) electrons. The molecule has 0 aromatic carbocycles. The normalized spacial score (nSPS) is 35.0. The zero-order chi connectivity index (χ0) is 16.2. The van der Waals surface area contributed by atoms with Gasteiger partial charge in [-0.3, -0.25) is 0 Å². The third-order valence-electron chi connectivity index (χ3n) is 6.28. The van der Waals surface area contributed by atoms with Crippen molar-refractivity contribution in [3.05, 3.63) is 11.3 Å². The molecule has 126 valence electrons. The van der Waals surface area contributed by atoms with E-state index in [2.05, 4.69) is 31.5 Å². The second-order valence-corrected chi connectivity index (χ2v) is 7.62. The summed E-state index contributed by atoms with van der Waals surface area (Å²) in [4.78, 5) is 9.06. The van der Waals surface area contributed by atoms with Gasteiger partial charge in [0.15, 0.2) is 10.9 Å². The van der Waals surface area contributed by atoms with Gasteiger partial charge in [-0.25, -0.2) is 4.98 Å². The van der Waals surface area contributed by atoms with E-state index in [1.54, 1.807) is 7.11 Å². The summed E-state index contributed by atoms with van der Waals surface area (Å²) in [7, 11) is 1.67. The maximum atomic E-state index is 6.05. The zero-order valence-electron chi connectivity index (χ0n) is 14.0. The van der Waals surface area contributed by atoms with Crippen LogP contribution in [0.2, 0.25) is 0 Å². The minimum atomic E-state index is -0.386. The van der Waals surface area contributed by atoms with E-state index >= 15 is 0 Å². The quantitative estimate of drug-likeness (QED) is 0.631. The van der Waals surface area contributed by atoms with Crippen molar-refractivity contribution in [3.63, 3.8) is 0 Å². The molecule has 1 saturated heterocycles. The van der Waals surface area contributed by atoms with Crippen molar-refractivity contribution in [1.82, 2.24) is 9.97 Å². The molecule has 0 bridgehead atoms. The Hall–Kier alpha value is -0.850.